The van der Waals surface area contributed by atoms with Gasteiger partial charge in [0, 0.05) is 18.3 Å². The van der Waals surface area contributed by atoms with Crippen LogP contribution in [0.1, 0.15) is 13.3 Å². The first-order valence-corrected chi connectivity index (χ1v) is 10.5. The lowest BCUT2D eigenvalue weighted by atomic mass is 10.2. The monoisotopic (exact) mass is 415 g/mol. The van der Waals surface area contributed by atoms with Crippen molar-refractivity contribution in [2.24, 2.45) is 0 Å². The molecular weight excluding hydrogens is 390 g/mol. The van der Waals surface area contributed by atoms with Crippen LogP contribution in [0.5, 0.6) is 5.75 Å². The van der Waals surface area contributed by atoms with E-state index in [1.807, 2.05) is 24.5 Å². The summed E-state index contributed by atoms with van der Waals surface area (Å²) in [5.74, 6) is 0.473. The van der Waals surface area contributed by atoms with Crippen LogP contribution < -0.4 is 20.7 Å². The highest BCUT2D eigenvalue weighted by Gasteiger charge is 2.21. The Morgan fingerprint density at radius 2 is 1.59 bits per heavy atom. The lowest BCUT2D eigenvalue weighted by Crippen LogP contribution is -2.45. The number of rotatable bonds is 10. The van der Waals surface area contributed by atoms with Gasteiger partial charge in [-0.15, -0.1) is 0 Å². The first-order valence-electron chi connectivity index (χ1n) is 9.12. The number of ether oxygens (including phenoxy) is 1. The van der Waals surface area contributed by atoms with Gasteiger partial charge in [-0.3, -0.25) is 14.4 Å². The molecule has 0 heterocycles. The fourth-order valence-electron chi connectivity index (χ4n) is 2.48. The van der Waals surface area contributed by atoms with E-state index in [2.05, 4.69) is 16.0 Å². The smallest absolute Gasteiger partial charge is 0.258 e. The van der Waals surface area contributed by atoms with Crippen molar-refractivity contribution in [1.29, 1.82) is 0 Å². The second-order valence-electron chi connectivity index (χ2n) is 6.25. The first-order chi connectivity index (χ1) is 14.0. The quantitative estimate of drug-likeness (QED) is 0.554. The van der Waals surface area contributed by atoms with Crippen molar-refractivity contribution in [2.75, 3.05) is 29.2 Å². The van der Waals surface area contributed by atoms with E-state index in [0.29, 0.717) is 23.5 Å². The van der Waals surface area contributed by atoms with Crippen molar-refractivity contribution in [3.05, 3.63) is 54.6 Å². The molecule has 3 amide bonds. The van der Waals surface area contributed by atoms with Crippen LogP contribution in [0.25, 0.3) is 0 Å². The molecule has 0 fully saturated rings. The third-order valence-corrected chi connectivity index (χ3v) is 4.49. The molecule has 2 aromatic carbocycles. The van der Waals surface area contributed by atoms with Gasteiger partial charge in [0.1, 0.15) is 11.8 Å². The molecule has 0 aliphatic heterocycles. The van der Waals surface area contributed by atoms with Gasteiger partial charge in [-0.25, -0.2) is 0 Å². The standard InChI is InChI=1S/C21H25N3O4S/c1-15(25)22-16-8-10-17(11-9-16)23-21(27)19(12-13-29-2)24-20(26)14-28-18-6-4-3-5-7-18/h3-11,19H,12-14H2,1-2H3,(H,22,25)(H,23,27)(H,24,26)/t19-/m1/s1. The summed E-state index contributed by atoms with van der Waals surface area (Å²) in [7, 11) is 0. The summed E-state index contributed by atoms with van der Waals surface area (Å²) in [5.41, 5.74) is 1.22. The molecule has 7 nitrogen and oxygen atoms in total. The first kappa shape index (κ1) is 22.3. The number of para-hydroxylation sites is 1. The summed E-state index contributed by atoms with van der Waals surface area (Å²) < 4.78 is 5.43. The van der Waals surface area contributed by atoms with Crippen molar-refractivity contribution in [3.8, 4) is 5.75 Å². The molecule has 0 unspecified atom stereocenters. The SMILES string of the molecule is CSCC[C@@H](NC(=O)COc1ccccc1)C(=O)Nc1ccc(NC(C)=O)cc1. The topological polar surface area (TPSA) is 96.5 Å². The molecule has 0 aliphatic carbocycles. The Balaban J connectivity index is 1.92. The zero-order chi connectivity index (χ0) is 21.1. The average molecular weight is 416 g/mol. The number of carbonyl (C=O) groups is 3. The van der Waals surface area contributed by atoms with Crippen LogP contribution in [-0.2, 0) is 14.4 Å². The lowest BCUT2D eigenvalue weighted by Gasteiger charge is -2.18. The highest BCUT2D eigenvalue weighted by Crippen LogP contribution is 2.14. The molecule has 0 radical (unpaired) electrons. The fraction of sp³-hybridized carbons (Fsp3) is 0.286. The summed E-state index contributed by atoms with van der Waals surface area (Å²) in [5, 5.41) is 8.19. The molecule has 1 atom stereocenters. The second kappa shape index (κ2) is 11.8. The number of nitrogens with one attached hydrogen (secondary N) is 3. The molecule has 2 aromatic rings. The van der Waals surface area contributed by atoms with Crippen molar-refractivity contribution in [3.63, 3.8) is 0 Å². The minimum Gasteiger partial charge on any atom is -0.484 e. The fourth-order valence-corrected chi connectivity index (χ4v) is 2.95. The lowest BCUT2D eigenvalue weighted by molar-refractivity contribution is -0.127. The number of hydrogen-bond donors (Lipinski definition) is 3. The number of thioether (sulfide) groups is 1. The Morgan fingerprint density at radius 3 is 2.17 bits per heavy atom. The van der Waals surface area contributed by atoms with Crippen LogP contribution in [0.4, 0.5) is 11.4 Å². The molecule has 0 spiro atoms. The zero-order valence-electron chi connectivity index (χ0n) is 16.4. The number of anilines is 2. The van der Waals surface area contributed by atoms with Gasteiger partial charge in [0.2, 0.25) is 11.8 Å². The van der Waals surface area contributed by atoms with Crippen molar-refractivity contribution in [1.82, 2.24) is 5.32 Å². The molecular formula is C21H25N3O4S. The van der Waals surface area contributed by atoms with Gasteiger partial charge in [-0.05, 0) is 54.8 Å². The van der Waals surface area contributed by atoms with Crippen molar-refractivity contribution in [2.45, 2.75) is 19.4 Å². The van der Waals surface area contributed by atoms with E-state index in [-0.39, 0.29) is 24.3 Å². The summed E-state index contributed by atoms with van der Waals surface area (Å²) in [6.07, 6.45) is 2.43. The molecule has 0 saturated heterocycles. The number of hydrogen-bond acceptors (Lipinski definition) is 5. The van der Waals surface area contributed by atoms with Crippen LogP contribution >= 0.6 is 11.8 Å². The average Bonchev–Trinajstić information content (AvgIpc) is 2.71. The predicted molar refractivity (Wildman–Crippen MR) is 116 cm³/mol. The second-order valence-corrected chi connectivity index (χ2v) is 7.24. The predicted octanol–water partition coefficient (Wildman–Crippen LogP) is 2.90. The molecule has 0 bridgehead atoms. The largest absolute Gasteiger partial charge is 0.484 e. The minimum absolute atomic E-state index is 0.167. The van der Waals surface area contributed by atoms with Crippen LogP contribution in [-0.4, -0.2) is 42.4 Å². The third kappa shape index (κ3) is 8.27. The Bertz CT molecular complexity index is 812. The van der Waals surface area contributed by atoms with E-state index < -0.39 is 6.04 Å². The van der Waals surface area contributed by atoms with Crippen LogP contribution in [0.15, 0.2) is 54.6 Å². The minimum atomic E-state index is -0.677. The molecule has 29 heavy (non-hydrogen) atoms. The highest BCUT2D eigenvalue weighted by molar-refractivity contribution is 7.98. The molecule has 154 valence electrons. The normalized spacial score (nSPS) is 11.2. The summed E-state index contributed by atoms with van der Waals surface area (Å²) >= 11 is 1.60. The van der Waals surface area contributed by atoms with Gasteiger partial charge in [0.05, 0.1) is 0 Å². The van der Waals surface area contributed by atoms with Crippen molar-refractivity contribution < 1.29 is 19.1 Å². The van der Waals surface area contributed by atoms with E-state index in [1.165, 1.54) is 6.92 Å². The number of amides is 3. The maximum absolute atomic E-state index is 12.6. The number of carbonyl (C=O) groups excluding carboxylic acids is 3. The van der Waals surface area contributed by atoms with Gasteiger partial charge < -0.3 is 20.7 Å². The summed E-state index contributed by atoms with van der Waals surface area (Å²) in [4.78, 5) is 36.0. The van der Waals surface area contributed by atoms with E-state index in [1.54, 1.807) is 48.2 Å². The maximum Gasteiger partial charge on any atom is 0.258 e. The van der Waals surface area contributed by atoms with Gasteiger partial charge in [-0.2, -0.15) is 11.8 Å². The van der Waals surface area contributed by atoms with Crippen LogP contribution in [0, 0.1) is 0 Å². The van der Waals surface area contributed by atoms with Gasteiger partial charge in [0.25, 0.3) is 5.91 Å². The van der Waals surface area contributed by atoms with E-state index in [9.17, 15) is 14.4 Å². The van der Waals surface area contributed by atoms with Crippen molar-refractivity contribution >= 4 is 40.9 Å². The maximum atomic E-state index is 12.6. The Labute approximate surface area is 174 Å². The molecule has 0 saturated carbocycles. The van der Waals surface area contributed by atoms with E-state index in [0.717, 1.165) is 5.75 Å². The summed E-state index contributed by atoms with van der Waals surface area (Å²) in [6, 6.07) is 15.1. The molecule has 0 aliphatic rings. The Hall–Kier alpha value is -3.00. The summed E-state index contributed by atoms with van der Waals surface area (Å²) in [6.45, 7) is 1.26. The van der Waals surface area contributed by atoms with Crippen LogP contribution in [0.3, 0.4) is 0 Å². The van der Waals surface area contributed by atoms with Gasteiger partial charge >= 0.3 is 0 Å². The van der Waals surface area contributed by atoms with Gasteiger partial charge in [0.15, 0.2) is 6.61 Å². The van der Waals surface area contributed by atoms with E-state index >= 15 is 0 Å². The van der Waals surface area contributed by atoms with Gasteiger partial charge in [-0.1, -0.05) is 18.2 Å². The highest BCUT2D eigenvalue weighted by atomic mass is 32.2. The zero-order valence-corrected chi connectivity index (χ0v) is 17.3. The Kier molecular flexibility index (Phi) is 9.04. The van der Waals surface area contributed by atoms with Crippen LogP contribution in [0.2, 0.25) is 0 Å². The number of benzene rings is 2. The third-order valence-electron chi connectivity index (χ3n) is 3.85. The molecule has 8 heteroatoms. The molecule has 3 N–H and O–H groups in total. The molecule has 0 aromatic heterocycles. The van der Waals surface area contributed by atoms with E-state index in [4.69, 9.17) is 4.74 Å². The molecule has 2 rings (SSSR count). The Morgan fingerprint density at radius 1 is 0.966 bits per heavy atom.